The fourth-order valence-corrected chi connectivity index (χ4v) is 5.98. The highest BCUT2D eigenvalue weighted by Gasteiger charge is 2.37. The molecule has 1 saturated heterocycles. The second-order valence-electron chi connectivity index (χ2n) is 12.1. The van der Waals surface area contributed by atoms with Crippen LogP contribution in [0.3, 0.4) is 0 Å². The minimum Gasteiger partial charge on any atom is -0.444 e. The standard InChI is InChI=1S/C32H39N5O5S/c1-20-15-23(17-24(16-20)28(39)37-14-10-13-25(37)27-33-21(2)19-43-27)26(38)35-36-29(40)32(6,18-22-11-8-7-9-12-22)34-30(41)42-31(3,4)5/h7-9,11-12,15-17,19,25H,10,13-14,18H2,1-6H3,(H,34,41)(H,35,38)(H,36,40)/t25-,32?/m1/s1. The molecule has 1 aliphatic heterocycles. The van der Waals surface area contributed by atoms with Gasteiger partial charge in [0.15, 0.2) is 0 Å². The number of carbonyl (C=O) groups is 4. The smallest absolute Gasteiger partial charge is 0.408 e. The van der Waals surface area contributed by atoms with Gasteiger partial charge in [0.05, 0.1) is 6.04 Å². The molecule has 0 aliphatic carbocycles. The van der Waals surface area contributed by atoms with Gasteiger partial charge in [-0.25, -0.2) is 9.78 Å². The molecular formula is C32H39N5O5S. The highest BCUT2D eigenvalue weighted by Crippen LogP contribution is 2.35. The highest BCUT2D eigenvalue weighted by atomic mass is 32.1. The zero-order valence-corrected chi connectivity index (χ0v) is 26.3. The van der Waals surface area contributed by atoms with E-state index in [0.717, 1.165) is 34.7 Å². The number of likely N-dealkylation sites (tertiary alicyclic amines) is 1. The van der Waals surface area contributed by atoms with E-state index in [2.05, 4.69) is 21.2 Å². The number of thiazole rings is 1. The van der Waals surface area contributed by atoms with Gasteiger partial charge in [-0.3, -0.25) is 25.2 Å². The van der Waals surface area contributed by atoms with Crippen LogP contribution in [0.5, 0.6) is 0 Å². The van der Waals surface area contributed by atoms with E-state index in [9.17, 15) is 19.2 Å². The molecule has 1 aliphatic rings. The topological polar surface area (TPSA) is 130 Å². The third-order valence-electron chi connectivity index (χ3n) is 6.99. The number of nitrogens with one attached hydrogen (secondary N) is 3. The van der Waals surface area contributed by atoms with Crippen LogP contribution in [0.4, 0.5) is 4.79 Å². The maximum absolute atomic E-state index is 13.6. The number of alkyl carbamates (subject to hydrolysis) is 1. The fraction of sp³-hybridized carbons (Fsp3) is 0.406. The van der Waals surface area contributed by atoms with Crippen molar-refractivity contribution in [2.24, 2.45) is 0 Å². The molecule has 2 aromatic carbocycles. The molecule has 1 aromatic heterocycles. The number of hydrogen-bond acceptors (Lipinski definition) is 7. The van der Waals surface area contributed by atoms with Crippen molar-refractivity contribution < 1.29 is 23.9 Å². The molecule has 11 heteroatoms. The summed E-state index contributed by atoms with van der Waals surface area (Å²) in [7, 11) is 0. The van der Waals surface area contributed by atoms with Crippen molar-refractivity contribution in [3.05, 3.63) is 86.9 Å². The van der Waals surface area contributed by atoms with Crippen molar-refractivity contribution in [3.63, 3.8) is 0 Å². The normalized spacial score (nSPS) is 16.2. The van der Waals surface area contributed by atoms with Gasteiger partial charge in [0.2, 0.25) is 0 Å². The van der Waals surface area contributed by atoms with Crippen LogP contribution >= 0.6 is 11.3 Å². The van der Waals surface area contributed by atoms with Crippen LogP contribution in [0, 0.1) is 13.8 Å². The second kappa shape index (κ2) is 12.9. The quantitative estimate of drug-likeness (QED) is 0.324. The maximum atomic E-state index is 13.6. The largest absolute Gasteiger partial charge is 0.444 e. The van der Waals surface area contributed by atoms with Crippen molar-refractivity contribution >= 4 is 35.2 Å². The third-order valence-corrected chi connectivity index (χ3v) is 8.05. The molecular weight excluding hydrogens is 566 g/mol. The summed E-state index contributed by atoms with van der Waals surface area (Å²) in [5.41, 5.74) is 5.74. The lowest BCUT2D eigenvalue weighted by molar-refractivity contribution is -0.127. The molecule has 0 saturated carbocycles. The van der Waals surface area contributed by atoms with Crippen molar-refractivity contribution in [2.45, 2.75) is 78.0 Å². The van der Waals surface area contributed by atoms with E-state index >= 15 is 0 Å². The average molecular weight is 606 g/mol. The Morgan fingerprint density at radius 2 is 1.70 bits per heavy atom. The molecule has 228 valence electrons. The molecule has 10 nitrogen and oxygen atoms in total. The van der Waals surface area contributed by atoms with Crippen LogP contribution in [0.1, 0.15) is 89.1 Å². The number of aryl methyl sites for hydroxylation is 2. The summed E-state index contributed by atoms with van der Waals surface area (Å²) in [6.45, 7) is 11.1. The molecule has 1 unspecified atom stereocenters. The Labute approximate surface area is 256 Å². The fourth-order valence-electron chi connectivity index (χ4n) is 5.03. The summed E-state index contributed by atoms with van der Waals surface area (Å²) in [4.78, 5) is 59.3. The summed E-state index contributed by atoms with van der Waals surface area (Å²) in [5.74, 6) is -1.41. The van der Waals surface area contributed by atoms with Crippen LogP contribution in [0.15, 0.2) is 53.9 Å². The average Bonchev–Trinajstić information content (AvgIpc) is 3.59. The first kappa shape index (κ1) is 31.7. The van der Waals surface area contributed by atoms with Crippen LogP contribution in [-0.4, -0.2) is 51.4 Å². The second-order valence-corrected chi connectivity index (χ2v) is 13.0. The Morgan fingerprint density at radius 1 is 1.00 bits per heavy atom. The van der Waals surface area contributed by atoms with Gasteiger partial charge in [0.25, 0.3) is 17.7 Å². The number of ether oxygens (including phenoxy) is 1. The van der Waals surface area contributed by atoms with Crippen LogP contribution in [0.2, 0.25) is 0 Å². The number of amides is 4. The number of rotatable bonds is 7. The van der Waals surface area contributed by atoms with Gasteiger partial charge in [-0.15, -0.1) is 11.3 Å². The molecule has 1 fully saturated rings. The number of nitrogens with zero attached hydrogens (tertiary/aromatic N) is 2. The van der Waals surface area contributed by atoms with E-state index in [1.807, 2.05) is 47.5 Å². The lowest BCUT2D eigenvalue weighted by atomic mass is 9.92. The van der Waals surface area contributed by atoms with E-state index in [1.54, 1.807) is 58.1 Å². The van der Waals surface area contributed by atoms with Crippen molar-refractivity contribution in [3.8, 4) is 0 Å². The van der Waals surface area contributed by atoms with E-state index in [1.165, 1.54) is 6.07 Å². The zero-order chi connectivity index (χ0) is 31.4. The van der Waals surface area contributed by atoms with Gasteiger partial charge in [-0.05, 0) is 83.7 Å². The third kappa shape index (κ3) is 8.19. The monoisotopic (exact) mass is 605 g/mol. The molecule has 4 amide bonds. The highest BCUT2D eigenvalue weighted by molar-refractivity contribution is 7.09. The molecule has 43 heavy (non-hydrogen) atoms. The van der Waals surface area contributed by atoms with E-state index in [4.69, 9.17) is 4.74 Å². The van der Waals surface area contributed by atoms with Gasteiger partial charge >= 0.3 is 6.09 Å². The van der Waals surface area contributed by atoms with E-state index in [0.29, 0.717) is 12.1 Å². The number of benzene rings is 2. The number of aromatic nitrogens is 1. The van der Waals surface area contributed by atoms with Gasteiger partial charge < -0.3 is 15.0 Å². The summed E-state index contributed by atoms with van der Waals surface area (Å²) in [6, 6.07) is 14.0. The first-order valence-corrected chi connectivity index (χ1v) is 15.1. The van der Waals surface area contributed by atoms with Gasteiger partial charge in [-0.1, -0.05) is 30.3 Å². The molecule has 2 heterocycles. The first-order valence-electron chi connectivity index (χ1n) is 14.2. The predicted molar refractivity (Wildman–Crippen MR) is 165 cm³/mol. The minimum atomic E-state index is -1.45. The minimum absolute atomic E-state index is 0.0944. The molecule has 0 spiro atoms. The Morgan fingerprint density at radius 3 is 2.35 bits per heavy atom. The van der Waals surface area contributed by atoms with Crippen molar-refractivity contribution in [1.29, 1.82) is 0 Å². The molecule has 2 atom stereocenters. The summed E-state index contributed by atoms with van der Waals surface area (Å²) < 4.78 is 5.39. The Kier molecular flexibility index (Phi) is 9.54. The van der Waals surface area contributed by atoms with Crippen molar-refractivity contribution in [1.82, 2.24) is 26.1 Å². The predicted octanol–water partition coefficient (Wildman–Crippen LogP) is 5.02. The van der Waals surface area contributed by atoms with Gasteiger partial charge in [0, 0.05) is 35.2 Å². The first-order chi connectivity index (χ1) is 20.2. The molecule has 3 N–H and O–H groups in total. The number of hydrogen-bond donors (Lipinski definition) is 3. The van der Waals surface area contributed by atoms with Crippen LogP contribution in [-0.2, 0) is 16.0 Å². The summed E-state index contributed by atoms with van der Waals surface area (Å²) in [5, 5.41) is 5.56. The lowest BCUT2D eigenvalue weighted by Gasteiger charge is -2.31. The SMILES string of the molecule is Cc1cc(C(=O)NNC(=O)C(C)(Cc2ccccc2)NC(=O)OC(C)(C)C)cc(C(=O)N2CCC[C@@H]2c2nc(C)cs2)c1. The summed E-state index contributed by atoms with van der Waals surface area (Å²) in [6.07, 6.45) is 1.10. The van der Waals surface area contributed by atoms with E-state index < -0.39 is 29.0 Å². The summed E-state index contributed by atoms with van der Waals surface area (Å²) >= 11 is 1.55. The Bertz CT molecular complexity index is 1500. The molecule has 0 radical (unpaired) electrons. The van der Waals surface area contributed by atoms with E-state index in [-0.39, 0.29) is 23.9 Å². The Balaban J connectivity index is 1.48. The zero-order valence-electron chi connectivity index (χ0n) is 25.4. The van der Waals surface area contributed by atoms with Crippen LogP contribution < -0.4 is 16.2 Å². The lowest BCUT2D eigenvalue weighted by Crippen LogP contribution is -2.61. The Hall–Kier alpha value is -4.25. The molecule has 0 bridgehead atoms. The molecule has 3 aromatic rings. The number of carbonyl (C=O) groups excluding carboxylic acids is 4. The maximum Gasteiger partial charge on any atom is 0.408 e. The van der Waals surface area contributed by atoms with Crippen molar-refractivity contribution in [2.75, 3.05) is 6.54 Å². The molecule has 4 rings (SSSR count). The number of hydrazine groups is 1. The van der Waals surface area contributed by atoms with Gasteiger partial charge in [0.1, 0.15) is 16.1 Å². The van der Waals surface area contributed by atoms with Gasteiger partial charge in [-0.2, -0.15) is 0 Å². The van der Waals surface area contributed by atoms with Crippen LogP contribution in [0.25, 0.3) is 0 Å².